The molecule has 32 heavy (non-hydrogen) atoms. The molecular formula is C23H25FN2O6. The fourth-order valence-electron chi connectivity index (χ4n) is 4.25. The number of cyclic esters (lactones) is 1. The van der Waals surface area contributed by atoms with Crippen LogP contribution < -0.4 is 10.6 Å². The summed E-state index contributed by atoms with van der Waals surface area (Å²) in [7, 11) is 0. The van der Waals surface area contributed by atoms with Crippen molar-refractivity contribution in [3.8, 4) is 11.3 Å². The first-order valence-electron chi connectivity index (χ1n) is 10.7. The van der Waals surface area contributed by atoms with Gasteiger partial charge in [-0.3, -0.25) is 14.4 Å². The predicted octanol–water partition coefficient (Wildman–Crippen LogP) is 2.51. The Morgan fingerprint density at radius 1 is 1.19 bits per heavy atom. The van der Waals surface area contributed by atoms with E-state index in [0.717, 1.165) is 25.7 Å². The molecule has 2 amide bonds. The van der Waals surface area contributed by atoms with Gasteiger partial charge in [-0.05, 0) is 36.6 Å². The van der Waals surface area contributed by atoms with Crippen LogP contribution in [0, 0.1) is 11.7 Å². The van der Waals surface area contributed by atoms with E-state index in [1.165, 1.54) is 18.2 Å². The molecule has 3 atom stereocenters. The van der Waals surface area contributed by atoms with Crippen molar-refractivity contribution in [2.24, 2.45) is 5.92 Å². The average Bonchev–Trinajstić information content (AvgIpc) is 3.50. The normalized spacial score (nSPS) is 21.9. The maximum Gasteiger partial charge on any atom is 0.310 e. The Morgan fingerprint density at radius 3 is 2.66 bits per heavy atom. The number of furan rings is 1. The highest BCUT2D eigenvalue weighted by molar-refractivity contribution is 5.96. The van der Waals surface area contributed by atoms with Gasteiger partial charge in [-0.25, -0.2) is 4.39 Å². The van der Waals surface area contributed by atoms with Crippen LogP contribution in [-0.2, 0) is 14.3 Å². The average molecular weight is 444 g/mol. The quantitative estimate of drug-likeness (QED) is 0.565. The smallest absolute Gasteiger partial charge is 0.310 e. The Hall–Kier alpha value is -3.20. The topological polar surface area (TPSA) is 118 Å². The number of aliphatic hydroxyl groups excluding tert-OH is 1. The molecule has 2 fully saturated rings. The standard InChI is InChI=1S/C23H25FN2O6/c24-15-7-3-6-14(11-15)18-8-9-19(31-18)22(29)25-16(10-13-4-1-2-5-13)21(28)26-17-12-20(27)32-23(17)30/h3,6-9,11,13,16-17,23,30H,1-2,4-5,10,12H2,(H,25,29)(H,26,28)/t16-,17-,23?/m0/s1. The third kappa shape index (κ3) is 5.16. The Bertz CT molecular complexity index is 1000. The van der Waals surface area contributed by atoms with E-state index in [1.54, 1.807) is 18.2 Å². The first kappa shape index (κ1) is 22.0. The second-order valence-electron chi connectivity index (χ2n) is 8.29. The number of halogens is 1. The molecule has 2 heterocycles. The van der Waals surface area contributed by atoms with Crippen molar-refractivity contribution in [3.63, 3.8) is 0 Å². The second kappa shape index (κ2) is 9.52. The Kier molecular flexibility index (Phi) is 6.55. The second-order valence-corrected chi connectivity index (χ2v) is 8.29. The van der Waals surface area contributed by atoms with E-state index < -0.39 is 42.0 Å². The lowest BCUT2D eigenvalue weighted by Crippen LogP contribution is -2.52. The lowest BCUT2D eigenvalue weighted by atomic mass is 9.97. The molecule has 2 aliphatic rings. The molecule has 0 bridgehead atoms. The van der Waals surface area contributed by atoms with Crippen molar-refractivity contribution in [2.45, 2.75) is 56.9 Å². The molecule has 2 aromatic rings. The summed E-state index contributed by atoms with van der Waals surface area (Å²) in [4.78, 5) is 37.1. The zero-order chi connectivity index (χ0) is 22.7. The summed E-state index contributed by atoms with van der Waals surface area (Å²) in [6.45, 7) is 0. The van der Waals surface area contributed by atoms with Gasteiger partial charge in [-0.1, -0.05) is 37.8 Å². The number of carbonyl (C=O) groups excluding carboxylic acids is 3. The number of nitrogens with one attached hydrogen (secondary N) is 2. The van der Waals surface area contributed by atoms with E-state index in [-0.39, 0.29) is 18.1 Å². The first-order chi connectivity index (χ1) is 15.4. The van der Waals surface area contributed by atoms with Gasteiger partial charge in [0, 0.05) is 5.56 Å². The molecule has 1 aromatic heterocycles. The van der Waals surface area contributed by atoms with Gasteiger partial charge in [-0.15, -0.1) is 0 Å². The van der Waals surface area contributed by atoms with Crippen molar-refractivity contribution in [1.29, 1.82) is 0 Å². The van der Waals surface area contributed by atoms with Gasteiger partial charge in [0.2, 0.25) is 12.2 Å². The van der Waals surface area contributed by atoms with Gasteiger partial charge in [0.05, 0.1) is 6.42 Å². The van der Waals surface area contributed by atoms with Gasteiger partial charge in [0.25, 0.3) is 5.91 Å². The number of amides is 2. The van der Waals surface area contributed by atoms with Crippen molar-refractivity contribution >= 4 is 17.8 Å². The van der Waals surface area contributed by atoms with Crippen LogP contribution >= 0.6 is 0 Å². The molecule has 1 aliphatic carbocycles. The molecule has 4 rings (SSSR count). The molecule has 1 aliphatic heterocycles. The molecule has 0 spiro atoms. The van der Waals surface area contributed by atoms with Gasteiger partial charge >= 0.3 is 5.97 Å². The summed E-state index contributed by atoms with van der Waals surface area (Å²) in [5.41, 5.74) is 0.490. The maximum absolute atomic E-state index is 13.5. The van der Waals surface area contributed by atoms with Crippen LogP contribution in [-0.4, -0.2) is 41.3 Å². The lowest BCUT2D eigenvalue weighted by Gasteiger charge is -2.23. The molecule has 1 aromatic carbocycles. The van der Waals surface area contributed by atoms with Crippen LogP contribution in [0.4, 0.5) is 4.39 Å². The Morgan fingerprint density at radius 2 is 1.97 bits per heavy atom. The van der Waals surface area contributed by atoms with Crippen molar-refractivity contribution in [3.05, 3.63) is 48.0 Å². The van der Waals surface area contributed by atoms with Crippen LogP contribution in [0.25, 0.3) is 11.3 Å². The molecule has 1 unspecified atom stereocenters. The lowest BCUT2D eigenvalue weighted by molar-refractivity contribution is -0.155. The van der Waals surface area contributed by atoms with Crippen molar-refractivity contribution in [2.75, 3.05) is 0 Å². The molecule has 9 heteroatoms. The Labute approximate surface area is 184 Å². The highest BCUT2D eigenvalue weighted by atomic mass is 19.1. The molecular weight excluding hydrogens is 419 g/mol. The van der Waals surface area contributed by atoms with Crippen molar-refractivity contribution in [1.82, 2.24) is 10.6 Å². The van der Waals surface area contributed by atoms with Crippen LogP contribution in [0.15, 0.2) is 40.8 Å². The third-order valence-electron chi connectivity index (χ3n) is 5.92. The van der Waals surface area contributed by atoms with E-state index in [9.17, 15) is 23.9 Å². The van der Waals surface area contributed by atoms with Gasteiger partial charge in [0.15, 0.2) is 5.76 Å². The minimum absolute atomic E-state index is 0.00658. The van der Waals surface area contributed by atoms with E-state index in [1.807, 2.05) is 0 Å². The number of hydrogen-bond donors (Lipinski definition) is 3. The summed E-state index contributed by atoms with van der Waals surface area (Å²) < 4.78 is 23.7. The largest absolute Gasteiger partial charge is 0.451 e. The summed E-state index contributed by atoms with van der Waals surface area (Å²) in [5.74, 6) is -1.48. The van der Waals surface area contributed by atoms with Crippen LogP contribution in [0.1, 0.15) is 49.1 Å². The zero-order valence-electron chi connectivity index (χ0n) is 17.4. The SMILES string of the molecule is O=C1C[C@H](NC(=O)[C@H](CC2CCCC2)NC(=O)c2ccc(-c3cccc(F)c3)o2)C(O)O1. The monoisotopic (exact) mass is 444 g/mol. The van der Waals surface area contributed by atoms with E-state index in [2.05, 4.69) is 15.4 Å². The minimum atomic E-state index is -1.41. The molecule has 1 saturated carbocycles. The zero-order valence-corrected chi connectivity index (χ0v) is 17.4. The van der Waals surface area contributed by atoms with Gasteiger partial charge in [0.1, 0.15) is 23.7 Å². The molecule has 170 valence electrons. The number of hydrogen-bond acceptors (Lipinski definition) is 6. The van der Waals surface area contributed by atoms with Crippen molar-refractivity contribution < 1.29 is 33.0 Å². The number of esters is 1. The molecule has 3 N–H and O–H groups in total. The third-order valence-corrected chi connectivity index (χ3v) is 5.92. The maximum atomic E-state index is 13.5. The number of carbonyl (C=O) groups is 3. The van der Waals surface area contributed by atoms with E-state index in [0.29, 0.717) is 17.7 Å². The van der Waals surface area contributed by atoms with E-state index in [4.69, 9.17) is 4.42 Å². The predicted molar refractivity (Wildman–Crippen MR) is 111 cm³/mol. The molecule has 0 radical (unpaired) electrons. The van der Waals surface area contributed by atoms with E-state index >= 15 is 0 Å². The number of rotatable bonds is 7. The van der Waals surface area contributed by atoms with Crippen LogP contribution in [0.5, 0.6) is 0 Å². The summed E-state index contributed by atoms with van der Waals surface area (Å²) in [5, 5.41) is 15.1. The summed E-state index contributed by atoms with van der Waals surface area (Å²) in [6, 6.07) is 7.12. The number of benzene rings is 1. The fraction of sp³-hybridized carbons (Fsp3) is 0.435. The highest BCUT2D eigenvalue weighted by Gasteiger charge is 2.37. The molecule has 1 saturated heterocycles. The molecule has 8 nitrogen and oxygen atoms in total. The van der Waals surface area contributed by atoms with Gasteiger partial charge < -0.3 is 24.9 Å². The minimum Gasteiger partial charge on any atom is -0.451 e. The number of aliphatic hydroxyl groups is 1. The van der Waals surface area contributed by atoms with Crippen LogP contribution in [0.3, 0.4) is 0 Å². The van der Waals surface area contributed by atoms with Gasteiger partial charge in [-0.2, -0.15) is 0 Å². The Balaban J connectivity index is 1.45. The highest BCUT2D eigenvalue weighted by Crippen LogP contribution is 2.29. The number of ether oxygens (including phenoxy) is 1. The summed E-state index contributed by atoms with van der Waals surface area (Å²) >= 11 is 0. The van der Waals surface area contributed by atoms with Crippen LogP contribution in [0.2, 0.25) is 0 Å². The summed E-state index contributed by atoms with van der Waals surface area (Å²) in [6.07, 6.45) is 2.99. The fourth-order valence-corrected chi connectivity index (χ4v) is 4.25. The first-order valence-corrected chi connectivity index (χ1v) is 10.7.